The fourth-order valence-corrected chi connectivity index (χ4v) is 3.85. The average molecular weight is 439 g/mol. The molecular formula is C20H20F3N3O3S. The number of anilines is 1. The van der Waals surface area contributed by atoms with Crippen LogP contribution in [0.5, 0.6) is 0 Å². The second kappa shape index (κ2) is 8.55. The van der Waals surface area contributed by atoms with Gasteiger partial charge in [0.25, 0.3) is 11.5 Å². The Kier molecular flexibility index (Phi) is 6.25. The molecule has 0 unspecified atom stereocenters. The molecule has 0 bridgehead atoms. The Bertz CT molecular complexity index is 1050. The number of carbonyl (C=O) groups excluding carboxylic acids is 2. The Hall–Kier alpha value is -2.75. The van der Waals surface area contributed by atoms with Crippen LogP contribution in [0.4, 0.5) is 18.9 Å². The number of benzene rings is 1. The number of aromatic nitrogens is 1. The Balaban J connectivity index is 1.93. The van der Waals surface area contributed by atoms with E-state index in [0.29, 0.717) is 29.8 Å². The smallest absolute Gasteiger partial charge is 0.337 e. The Morgan fingerprint density at radius 2 is 2.00 bits per heavy atom. The molecule has 1 N–H and O–H groups in total. The predicted octanol–water partition coefficient (Wildman–Crippen LogP) is 2.90. The first-order valence-electron chi connectivity index (χ1n) is 9.08. The van der Waals surface area contributed by atoms with Gasteiger partial charge in [-0.05, 0) is 42.0 Å². The molecule has 1 aliphatic heterocycles. The van der Waals surface area contributed by atoms with Gasteiger partial charge in [-0.3, -0.25) is 14.4 Å². The highest BCUT2D eigenvalue weighted by Gasteiger charge is 2.31. The monoisotopic (exact) mass is 439 g/mol. The van der Waals surface area contributed by atoms with Crippen LogP contribution in [-0.2, 0) is 31.0 Å². The van der Waals surface area contributed by atoms with E-state index in [1.165, 1.54) is 35.5 Å². The molecule has 0 radical (unpaired) electrons. The summed E-state index contributed by atoms with van der Waals surface area (Å²) in [7, 11) is 1.49. The van der Waals surface area contributed by atoms with E-state index >= 15 is 0 Å². The number of carbonyl (C=O) groups is 2. The highest BCUT2D eigenvalue weighted by atomic mass is 32.2. The number of rotatable bonds is 4. The van der Waals surface area contributed by atoms with Crippen molar-refractivity contribution in [2.24, 2.45) is 7.05 Å². The number of nitrogens with zero attached hydrogens (tertiary/aromatic N) is 2. The third-order valence-electron chi connectivity index (χ3n) is 4.86. The van der Waals surface area contributed by atoms with Crippen molar-refractivity contribution in [3.63, 3.8) is 0 Å². The molecule has 2 aromatic rings. The summed E-state index contributed by atoms with van der Waals surface area (Å²) >= 11 is 1.41. The first-order valence-corrected chi connectivity index (χ1v) is 10.5. The SMILES string of the molecule is CSCC(=O)N1CCc2c(cn(C)c(=O)c2C(=O)Nc2cccc(C(F)(F)F)c2)C1. The third kappa shape index (κ3) is 4.53. The maximum absolute atomic E-state index is 12.9. The lowest BCUT2D eigenvalue weighted by molar-refractivity contribution is -0.137. The molecule has 0 atom stereocenters. The van der Waals surface area contributed by atoms with Crippen molar-refractivity contribution >= 4 is 29.3 Å². The molecule has 160 valence electrons. The van der Waals surface area contributed by atoms with Crippen LogP contribution in [0, 0.1) is 0 Å². The van der Waals surface area contributed by atoms with Crippen LogP contribution in [0.1, 0.15) is 27.0 Å². The van der Waals surface area contributed by atoms with Crippen LogP contribution < -0.4 is 10.9 Å². The van der Waals surface area contributed by atoms with Crippen molar-refractivity contribution in [2.45, 2.75) is 19.1 Å². The maximum Gasteiger partial charge on any atom is 0.416 e. The fourth-order valence-electron chi connectivity index (χ4n) is 3.42. The van der Waals surface area contributed by atoms with E-state index in [9.17, 15) is 27.6 Å². The average Bonchev–Trinajstić information content (AvgIpc) is 2.68. The summed E-state index contributed by atoms with van der Waals surface area (Å²) in [4.78, 5) is 39.4. The Morgan fingerprint density at radius 3 is 2.67 bits per heavy atom. The van der Waals surface area contributed by atoms with Gasteiger partial charge in [0, 0.05) is 32.0 Å². The lowest BCUT2D eigenvalue weighted by Crippen LogP contribution is -2.40. The molecule has 1 aromatic heterocycles. The van der Waals surface area contributed by atoms with Crippen LogP contribution in [0.15, 0.2) is 35.3 Å². The minimum Gasteiger partial charge on any atom is -0.337 e. The summed E-state index contributed by atoms with van der Waals surface area (Å²) in [5, 5.41) is 2.41. The summed E-state index contributed by atoms with van der Waals surface area (Å²) in [5.74, 6) is -0.461. The number of nitrogens with one attached hydrogen (secondary N) is 1. The number of hydrogen-bond donors (Lipinski definition) is 1. The molecule has 0 fully saturated rings. The minimum absolute atomic E-state index is 0.0306. The number of pyridine rings is 1. The van der Waals surface area contributed by atoms with Crippen LogP contribution in [0.25, 0.3) is 0 Å². The zero-order valence-corrected chi connectivity index (χ0v) is 17.2. The number of aryl methyl sites for hydroxylation is 1. The van der Waals surface area contributed by atoms with Crippen molar-refractivity contribution in [3.05, 3.63) is 63.1 Å². The van der Waals surface area contributed by atoms with E-state index in [1.807, 2.05) is 6.26 Å². The molecule has 10 heteroatoms. The van der Waals surface area contributed by atoms with Gasteiger partial charge in [-0.25, -0.2) is 0 Å². The van der Waals surface area contributed by atoms with Gasteiger partial charge >= 0.3 is 6.18 Å². The molecule has 0 spiro atoms. The predicted molar refractivity (Wildman–Crippen MR) is 109 cm³/mol. The van der Waals surface area contributed by atoms with Gasteiger partial charge in [0.2, 0.25) is 5.91 Å². The topological polar surface area (TPSA) is 71.4 Å². The van der Waals surface area contributed by atoms with Crippen molar-refractivity contribution in [1.82, 2.24) is 9.47 Å². The first kappa shape index (κ1) is 21.9. The number of alkyl halides is 3. The zero-order valence-electron chi connectivity index (χ0n) is 16.4. The van der Waals surface area contributed by atoms with E-state index in [2.05, 4.69) is 5.32 Å². The largest absolute Gasteiger partial charge is 0.416 e. The van der Waals surface area contributed by atoms with Crippen molar-refractivity contribution in [3.8, 4) is 0 Å². The second-order valence-corrected chi connectivity index (χ2v) is 7.82. The quantitative estimate of drug-likeness (QED) is 0.795. The van der Waals surface area contributed by atoms with Gasteiger partial charge in [-0.1, -0.05) is 6.07 Å². The third-order valence-corrected chi connectivity index (χ3v) is 5.40. The second-order valence-electron chi connectivity index (χ2n) is 6.95. The first-order chi connectivity index (χ1) is 14.1. The number of fused-ring (bicyclic) bond motifs is 1. The summed E-state index contributed by atoms with van der Waals surface area (Å²) < 4.78 is 40.0. The highest BCUT2D eigenvalue weighted by Crippen LogP contribution is 2.31. The van der Waals surface area contributed by atoms with Crippen LogP contribution in [-0.4, -0.2) is 39.8 Å². The molecule has 1 aliphatic rings. The lowest BCUT2D eigenvalue weighted by Gasteiger charge is -2.30. The normalized spacial score (nSPS) is 13.7. The minimum atomic E-state index is -4.55. The Morgan fingerprint density at radius 1 is 1.27 bits per heavy atom. The fraction of sp³-hybridized carbons (Fsp3) is 0.350. The molecule has 0 saturated heterocycles. The summed E-state index contributed by atoms with van der Waals surface area (Å²) in [6.45, 7) is 0.635. The van der Waals surface area contributed by atoms with Gasteiger partial charge in [0.15, 0.2) is 0 Å². The number of halogens is 3. The molecule has 2 heterocycles. The van der Waals surface area contributed by atoms with Gasteiger partial charge in [-0.15, -0.1) is 0 Å². The number of amides is 2. The van der Waals surface area contributed by atoms with Crippen LogP contribution >= 0.6 is 11.8 Å². The van der Waals surface area contributed by atoms with E-state index in [4.69, 9.17) is 0 Å². The number of thioether (sulfide) groups is 1. The van der Waals surface area contributed by atoms with Gasteiger partial charge in [0.1, 0.15) is 5.56 Å². The standard InChI is InChI=1S/C20H20F3N3O3S/c1-25-9-12-10-26(16(27)11-30-2)7-6-15(12)17(19(25)29)18(28)24-14-5-3-4-13(8-14)20(21,22)23/h3-5,8-9H,6-7,10-11H2,1-2H3,(H,24,28). The molecule has 2 amide bonds. The zero-order chi connectivity index (χ0) is 22.1. The maximum atomic E-state index is 12.9. The van der Waals surface area contributed by atoms with E-state index in [-0.39, 0.29) is 23.7 Å². The highest BCUT2D eigenvalue weighted by molar-refractivity contribution is 7.99. The van der Waals surface area contributed by atoms with Gasteiger partial charge < -0.3 is 14.8 Å². The molecule has 1 aromatic carbocycles. The lowest BCUT2D eigenvalue weighted by atomic mass is 9.96. The van der Waals surface area contributed by atoms with E-state index < -0.39 is 23.2 Å². The molecule has 6 nitrogen and oxygen atoms in total. The van der Waals surface area contributed by atoms with Gasteiger partial charge in [-0.2, -0.15) is 24.9 Å². The van der Waals surface area contributed by atoms with Crippen molar-refractivity contribution in [1.29, 1.82) is 0 Å². The van der Waals surface area contributed by atoms with Crippen LogP contribution in [0.3, 0.4) is 0 Å². The molecule has 0 saturated carbocycles. The molecule has 0 aliphatic carbocycles. The van der Waals surface area contributed by atoms with E-state index in [1.54, 1.807) is 11.1 Å². The van der Waals surface area contributed by atoms with Gasteiger partial charge in [0.05, 0.1) is 11.3 Å². The van der Waals surface area contributed by atoms with E-state index in [0.717, 1.165) is 12.1 Å². The summed E-state index contributed by atoms with van der Waals surface area (Å²) in [5.41, 5.74) is -0.400. The van der Waals surface area contributed by atoms with Crippen molar-refractivity contribution in [2.75, 3.05) is 23.9 Å². The summed E-state index contributed by atoms with van der Waals surface area (Å²) in [6, 6.07) is 4.24. The summed E-state index contributed by atoms with van der Waals surface area (Å²) in [6.07, 6.45) is -0.806. The molecular weight excluding hydrogens is 419 g/mol. The van der Waals surface area contributed by atoms with Crippen LogP contribution in [0.2, 0.25) is 0 Å². The molecule has 3 rings (SSSR count). The van der Waals surface area contributed by atoms with Crippen molar-refractivity contribution < 1.29 is 22.8 Å². The molecule has 30 heavy (non-hydrogen) atoms. The number of hydrogen-bond acceptors (Lipinski definition) is 4. The Labute approximate surface area is 175 Å².